The number of H-pyrrole nitrogens is 1. The summed E-state index contributed by atoms with van der Waals surface area (Å²) in [5, 5.41) is 17.0. The average molecular weight is 468 g/mol. The first kappa shape index (κ1) is 16.3. The lowest BCUT2D eigenvalue weighted by Gasteiger charge is -2.18. The van der Waals surface area contributed by atoms with Crippen LogP contribution in [0, 0.1) is 0 Å². The van der Waals surface area contributed by atoms with Crippen molar-refractivity contribution in [3.8, 4) is 0 Å². The van der Waals surface area contributed by atoms with Crippen molar-refractivity contribution >= 4 is 57.3 Å². The topological polar surface area (TPSA) is 66.0 Å². The lowest BCUT2D eigenvalue weighted by Crippen LogP contribution is -1.96. The Hall–Kier alpha value is -3.34. The van der Waals surface area contributed by atoms with Crippen LogP contribution in [0.25, 0.3) is 28.1 Å². The van der Waals surface area contributed by atoms with Gasteiger partial charge in [-0.05, 0) is 70.1 Å². The smallest absolute Gasteiger partial charge is 0.328 e. The van der Waals surface area contributed by atoms with Crippen LogP contribution in [0.4, 0.5) is 0 Å². The highest BCUT2D eigenvalue weighted by atomic mass is 35.5. The van der Waals surface area contributed by atoms with Gasteiger partial charge >= 0.3 is 5.97 Å². The minimum absolute atomic E-state index is 0.0959. The van der Waals surface area contributed by atoms with Crippen LogP contribution in [0.3, 0.4) is 0 Å². The van der Waals surface area contributed by atoms with E-state index in [2.05, 4.69) is 10.2 Å². The fourth-order valence-electron chi connectivity index (χ4n) is 3.44. The zero-order valence-electron chi connectivity index (χ0n) is 21.6. The van der Waals surface area contributed by atoms with E-state index in [0.717, 1.165) is 17.0 Å². The molecular formula is C26H20Cl2N2O2. The molecule has 1 heterocycles. The fourth-order valence-corrected chi connectivity index (χ4v) is 3.94. The fraction of sp³-hybridized carbons (Fsp3) is 0.0769. The average Bonchev–Trinajstić information content (AvgIpc) is 3.29. The Morgan fingerprint density at radius 1 is 1.12 bits per heavy atom. The Kier molecular flexibility index (Phi) is 4.81. The molecule has 0 radical (unpaired) electrons. The van der Waals surface area contributed by atoms with Gasteiger partial charge in [0.25, 0.3) is 0 Å². The van der Waals surface area contributed by atoms with Crippen LogP contribution in [-0.2, 0) is 4.79 Å². The minimum atomic E-state index is -3.04. The van der Waals surface area contributed by atoms with Crippen molar-refractivity contribution < 1.29 is 16.8 Å². The number of rotatable bonds is 6. The van der Waals surface area contributed by atoms with Crippen LogP contribution < -0.4 is 0 Å². The Morgan fingerprint density at radius 2 is 1.91 bits per heavy atom. The van der Waals surface area contributed by atoms with E-state index in [9.17, 15) is 4.79 Å². The first-order valence-electron chi connectivity index (χ1n) is 12.0. The van der Waals surface area contributed by atoms with Gasteiger partial charge in [-0.2, -0.15) is 5.10 Å². The molecule has 0 aliphatic rings. The van der Waals surface area contributed by atoms with Gasteiger partial charge in [-0.1, -0.05) is 66.5 Å². The molecule has 4 rings (SSSR count). The molecule has 0 fully saturated rings. The molecule has 0 saturated carbocycles. The number of hydrogen-bond acceptors (Lipinski definition) is 2. The van der Waals surface area contributed by atoms with Gasteiger partial charge in [0.2, 0.25) is 0 Å². The molecule has 4 nitrogen and oxygen atoms in total. The molecule has 2 N–H and O–H groups in total. The number of carboxylic acid groups (broad SMARTS) is 1. The van der Waals surface area contributed by atoms with E-state index in [1.54, 1.807) is 48.7 Å². The Morgan fingerprint density at radius 3 is 2.62 bits per heavy atom. The summed E-state index contributed by atoms with van der Waals surface area (Å²) in [6.45, 7) is -3.04. The highest BCUT2D eigenvalue weighted by Gasteiger charge is 2.16. The van der Waals surface area contributed by atoms with E-state index in [0.29, 0.717) is 27.3 Å². The van der Waals surface area contributed by atoms with Gasteiger partial charge in [-0.3, -0.25) is 5.10 Å². The van der Waals surface area contributed by atoms with E-state index in [1.807, 2.05) is 0 Å². The van der Waals surface area contributed by atoms with Crippen LogP contribution >= 0.6 is 23.2 Å². The Bertz CT molecular complexity index is 1540. The third-order valence-electron chi connectivity index (χ3n) is 4.92. The van der Waals surface area contributed by atoms with Crippen LogP contribution in [0.5, 0.6) is 0 Å². The van der Waals surface area contributed by atoms with Crippen molar-refractivity contribution in [2.24, 2.45) is 0 Å². The summed E-state index contributed by atoms with van der Waals surface area (Å²) in [4.78, 5) is 10.9. The number of hydrogen-bond donors (Lipinski definition) is 2. The summed E-state index contributed by atoms with van der Waals surface area (Å²) in [5.41, 5.74) is 2.75. The van der Waals surface area contributed by atoms with E-state index < -0.39 is 19.2 Å². The molecule has 1 aromatic heterocycles. The first-order chi connectivity index (χ1) is 17.4. The molecule has 0 saturated heterocycles. The molecule has 6 heteroatoms. The molecule has 32 heavy (non-hydrogen) atoms. The van der Waals surface area contributed by atoms with Gasteiger partial charge in [0.05, 0.1) is 11.7 Å². The van der Waals surface area contributed by atoms with Crippen LogP contribution in [-0.4, -0.2) is 21.3 Å². The lowest BCUT2D eigenvalue weighted by molar-refractivity contribution is -0.131. The number of nitrogens with one attached hydrogen (secondary N) is 1. The van der Waals surface area contributed by atoms with E-state index >= 15 is 0 Å². The second-order valence-corrected chi connectivity index (χ2v) is 7.81. The minimum Gasteiger partial charge on any atom is -0.478 e. The number of aromatic nitrogens is 2. The number of aromatic amines is 1. The second-order valence-electron chi connectivity index (χ2n) is 6.96. The predicted octanol–water partition coefficient (Wildman–Crippen LogP) is 7.34. The molecular weight excluding hydrogens is 443 g/mol. The molecule has 0 aliphatic heterocycles. The van der Waals surface area contributed by atoms with Gasteiger partial charge in [0, 0.05) is 28.4 Å². The number of fused-ring (bicyclic) bond motifs is 1. The van der Waals surface area contributed by atoms with Crippen molar-refractivity contribution in [3.05, 3.63) is 105 Å². The van der Waals surface area contributed by atoms with Crippen molar-refractivity contribution in [1.82, 2.24) is 10.2 Å². The van der Waals surface area contributed by atoms with E-state index in [-0.39, 0.29) is 16.2 Å². The monoisotopic (exact) mass is 467 g/mol. The van der Waals surface area contributed by atoms with Gasteiger partial charge < -0.3 is 5.11 Å². The third-order valence-corrected chi connectivity index (χ3v) is 5.47. The summed E-state index contributed by atoms with van der Waals surface area (Å²) < 4.78 is 41.8. The number of carbonyl (C=O) groups is 1. The van der Waals surface area contributed by atoms with Gasteiger partial charge in [-0.15, -0.1) is 0 Å². The molecule has 0 amide bonds. The molecule has 0 unspecified atom stereocenters. The summed E-state index contributed by atoms with van der Waals surface area (Å²) in [5.74, 6) is -1.09. The normalized spacial score (nSPS) is 15.5. The molecule has 160 valence electrons. The first-order valence-corrected chi connectivity index (χ1v) is 10.3. The molecule has 0 bridgehead atoms. The predicted molar refractivity (Wildman–Crippen MR) is 132 cm³/mol. The van der Waals surface area contributed by atoms with Gasteiger partial charge in [-0.25, -0.2) is 4.79 Å². The molecule has 0 spiro atoms. The maximum absolute atomic E-state index is 10.9. The Balaban J connectivity index is 2.10. The zero-order chi connectivity index (χ0) is 27.0. The van der Waals surface area contributed by atoms with Crippen LogP contribution in [0.1, 0.15) is 42.3 Å². The van der Waals surface area contributed by atoms with Crippen molar-refractivity contribution in [2.45, 2.75) is 13.2 Å². The van der Waals surface area contributed by atoms with E-state index in [1.165, 1.54) is 24.3 Å². The molecule has 4 aromatic rings. The number of benzene rings is 3. The van der Waals surface area contributed by atoms with E-state index in [4.69, 9.17) is 35.2 Å². The molecule has 0 aliphatic carbocycles. The van der Waals surface area contributed by atoms with Crippen LogP contribution in [0.15, 0.2) is 72.9 Å². The van der Waals surface area contributed by atoms with Crippen molar-refractivity contribution in [1.29, 1.82) is 0 Å². The number of aliphatic carboxylic acids is 1. The summed E-state index contributed by atoms with van der Waals surface area (Å²) in [6, 6.07) is 16.4. The number of halogens is 2. The SMILES string of the molecule is [2H]C([2H])([2H])C([2H])([2H])C(=C(c1ccc(C=CC(=O)O)cc1)c1ccc2[nH]ncc2c1)c1ccc(Cl)cc1Cl. The maximum atomic E-state index is 10.9. The highest BCUT2D eigenvalue weighted by Crippen LogP contribution is 2.38. The lowest BCUT2D eigenvalue weighted by atomic mass is 9.87. The summed E-state index contributed by atoms with van der Waals surface area (Å²) >= 11 is 12.6. The molecule has 0 atom stereocenters. The second kappa shape index (κ2) is 9.43. The standard InChI is InChI=1S/C26H20Cl2N2O2/c1-2-21(22-10-9-20(27)14-23(22)28)26(18-8-11-24-19(13-18)15-29-30-24)17-6-3-16(4-7-17)5-12-25(31)32/h3-15H,2H2,1H3,(H,29,30)(H,31,32)/i1D3,2D2. The Labute approximate surface area is 202 Å². The number of nitrogens with zero attached hydrogens (tertiary/aromatic N) is 1. The summed E-state index contributed by atoms with van der Waals surface area (Å²) in [7, 11) is 0. The largest absolute Gasteiger partial charge is 0.478 e. The quantitative estimate of drug-likeness (QED) is 0.230. The van der Waals surface area contributed by atoms with Crippen molar-refractivity contribution in [3.63, 3.8) is 0 Å². The van der Waals surface area contributed by atoms with Gasteiger partial charge in [0.15, 0.2) is 0 Å². The van der Waals surface area contributed by atoms with Crippen LogP contribution in [0.2, 0.25) is 10.0 Å². The third kappa shape index (κ3) is 4.62. The van der Waals surface area contributed by atoms with Gasteiger partial charge in [0.1, 0.15) is 0 Å². The zero-order valence-corrected chi connectivity index (χ0v) is 18.1. The summed E-state index contributed by atoms with van der Waals surface area (Å²) in [6.07, 6.45) is 1.22. The highest BCUT2D eigenvalue weighted by molar-refractivity contribution is 6.36. The number of allylic oxidation sites excluding steroid dienone is 1. The molecule has 3 aromatic carbocycles. The maximum Gasteiger partial charge on any atom is 0.328 e. The number of carboxylic acids is 1. The van der Waals surface area contributed by atoms with Crippen molar-refractivity contribution in [2.75, 3.05) is 0 Å².